The van der Waals surface area contributed by atoms with Gasteiger partial charge in [0, 0.05) is 5.75 Å². The zero-order chi connectivity index (χ0) is 13.4. The molecule has 0 atom stereocenters. The van der Waals surface area contributed by atoms with Gasteiger partial charge in [-0.3, -0.25) is 9.59 Å². The summed E-state index contributed by atoms with van der Waals surface area (Å²) in [4.78, 5) is 22.7. The molecule has 0 amide bonds. The average Bonchev–Trinajstić information content (AvgIpc) is 2.35. The maximum atomic E-state index is 11.4. The molecule has 1 N–H and O–H groups in total. The van der Waals surface area contributed by atoms with Crippen LogP contribution in [0.4, 0.5) is 0 Å². The first-order chi connectivity index (χ1) is 8.63. The van der Waals surface area contributed by atoms with Crippen molar-refractivity contribution >= 4 is 33.5 Å². The topological polar surface area (TPSA) is 63.6 Å². The molecule has 0 fully saturated rings. The Morgan fingerprint density at radius 1 is 1.28 bits per heavy atom. The lowest BCUT2D eigenvalue weighted by atomic mass is 10.3. The highest BCUT2D eigenvalue weighted by Crippen LogP contribution is 2.37. The van der Waals surface area contributed by atoms with E-state index in [9.17, 15) is 9.59 Å². The van der Waals surface area contributed by atoms with Crippen molar-refractivity contribution in [3.63, 3.8) is 0 Å². The van der Waals surface area contributed by atoms with Crippen molar-refractivity contribution in [2.24, 2.45) is 0 Å². The molecule has 98 valence electrons. The summed E-state index contributed by atoms with van der Waals surface area (Å²) in [5.41, 5.74) is 0. The van der Waals surface area contributed by atoms with Crippen molar-refractivity contribution in [1.29, 1.82) is 0 Å². The quantitative estimate of drug-likeness (QED) is 0.472. The first-order valence-corrected chi connectivity index (χ1v) is 7.76. The van der Waals surface area contributed by atoms with E-state index in [1.807, 2.05) is 19.1 Å². The van der Waals surface area contributed by atoms with Crippen molar-refractivity contribution in [1.82, 2.24) is 0 Å². The minimum absolute atomic E-state index is 0.116. The van der Waals surface area contributed by atoms with Crippen molar-refractivity contribution < 1.29 is 19.4 Å². The Morgan fingerprint density at radius 3 is 2.67 bits per heavy atom. The summed E-state index contributed by atoms with van der Waals surface area (Å²) in [5.74, 6) is -0.0895. The van der Waals surface area contributed by atoms with Gasteiger partial charge < -0.3 is 9.84 Å². The Hall–Kier alpha value is -1.14. The Kier molecular flexibility index (Phi) is 6.67. The van der Waals surface area contributed by atoms with Crippen LogP contribution in [0.3, 0.4) is 0 Å². The maximum Gasteiger partial charge on any atom is 0.311 e. The van der Waals surface area contributed by atoms with Crippen LogP contribution < -0.4 is 4.74 Å². The summed E-state index contributed by atoms with van der Waals surface area (Å²) in [5, 5.41) is 8.48. The second-order valence-electron chi connectivity index (χ2n) is 3.30. The van der Waals surface area contributed by atoms with E-state index < -0.39 is 11.9 Å². The lowest BCUT2D eigenvalue weighted by Crippen LogP contribution is -2.10. The van der Waals surface area contributed by atoms with Gasteiger partial charge in [0.2, 0.25) is 0 Å². The standard InChI is InChI=1S/C12H14O4S2/c1-2-17-18-10-6-4-3-5-9(10)16-12(15)8-7-11(13)14/h3-6H,2,7-8H2,1H3,(H,13,14). The molecule has 4 nitrogen and oxygen atoms in total. The molecule has 0 radical (unpaired) electrons. The van der Waals surface area contributed by atoms with E-state index in [0.717, 1.165) is 10.6 Å². The lowest BCUT2D eigenvalue weighted by Gasteiger charge is -2.08. The van der Waals surface area contributed by atoms with E-state index in [1.54, 1.807) is 22.9 Å². The number of carbonyl (C=O) groups is 2. The highest BCUT2D eigenvalue weighted by molar-refractivity contribution is 8.76. The molecule has 0 saturated carbocycles. The molecule has 6 heteroatoms. The van der Waals surface area contributed by atoms with Crippen LogP contribution in [-0.2, 0) is 9.59 Å². The molecule has 0 saturated heterocycles. The van der Waals surface area contributed by atoms with Crippen LogP contribution in [0.5, 0.6) is 5.75 Å². The third-order valence-electron chi connectivity index (χ3n) is 1.88. The van der Waals surface area contributed by atoms with Crippen LogP contribution in [0.2, 0.25) is 0 Å². The Balaban J connectivity index is 2.59. The molecular weight excluding hydrogens is 272 g/mol. The van der Waals surface area contributed by atoms with Crippen molar-refractivity contribution in [3.05, 3.63) is 24.3 Å². The Morgan fingerprint density at radius 2 is 2.00 bits per heavy atom. The van der Waals surface area contributed by atoms with Gasteiger partial charge in [-0.15, -0.1) is 0 Å². The van der Waals surface area contributed by atoms with Crippen molar-refractivity contribution in [2.75, 3.05) is 5.75 Å². The van der Waals surface area contributed by atoms with Gasteiger partial charge in [-0.1, -0.05) is 40.6 Å². The number of hydrogen-bond donors (Lipinski definition) is 1. The first-order valence-electron chi connectivity index (χ1n) is 5.44. The molecule has 0 spiro atoms. The number of carbonyl (C=O) groups excluding carboxylic acids is 1. The van der Waals surface area contributed by atoms with Gasteiger partial charge in [0.25, 0.3) is 0 Å². The highest BCUT2D eigenvalue weighted by atomic mass is 33.1. The predicted molar refractivity (Wildman–Crippen MR) is 72.9 cm³/mol. The zero-order valence-corrected chi connectivity index (χ0v) is 11.6. The van der Waals surface area contributed by atoms with Crippen LogP contribution in [0.15, 0.2) is 29.2 Å². The minimum atomic E-state index is -1.00. The van der Waals surface area contributed by atoms with Crippen molar-refractivity contribution in [2.45, 2.75) is 24.7 Å². The van der Waals surface area contributed by atoms with Gasteiger partial charge in [0.05, 0.1) is 17.7 Å². The Bertz CT molecular complexity index is 420. The summed E-state index contributed by atoms with van der Waals surface area (Å²) in [6.45, 7) is 2.04. The molecule has 0 bridgehead atoms. The number of esters is 1. The van der Waals surface area contributed by atoms with E-state index in [2.05, 4.69) is 0 Å². The van der Waals surface area contributed by atoms with Gasteiger partial charge >= 0.3 is 11.9 Å². The summed E-state index contributed by atoms with van der Waals surface area (Å²) < 4.78 is 5.16. The second-order valence-corrected chi connectivity index (χ2v) is 5.93. The molecule has 0 unspecified atom stereocenters. The minimum Gasteiger partial charge on any atom is -0.481 e. The van der Waals surface area contributed by atoms with Gasteiger partial charge in [0.1, 0.15) is 5.75 Å². The summed E-state index contributed by atoms with van der Waals surface area (Å²) in [6.07, 6.45) is -0.326. The van der Waals surface area contributed by atoms with E-state index in [1.165, 1.54) is 10.8 Å². The monoisotopic (exact) mass is 286 g/mol. The van der Waals surface area contributed by atoms with Gasteiger partial charge in [-0.05, 0) is 12.1 Å². The molecule has 0 aliphatic carbocycles. The zero-order valence-electron chi connectivity index (χ0n) is 9.92. The lowest BCUT2D eigenvalue weighted by molar-refractivity contribution is -0.142. The van der Waals surface area contributed by atoms with Gasteiger partial charge in [-0.25, -0.2) is 0 Å². The summed E-state index contributed by atoms with van der Waals surface area (Å²) in [6, 6.07) is 7.22. The number of ether oxygens (including phenoxy) is 1. The van der Waals surface area contributed by atoms with Crippen LogP contribution >= 0.6 is 21.6 Å². The number of hydrogen-bond acceptors (Lipinski definition) is 5. The maximum absolute atomic E-state index is 11.4. The van der Waals surface area contributed by atoms with Gasteiger partial charge in [0.15, 0.2) is 0 Å². The molecule has 1 aromatic rings. The van der Waals surface area contributed by atoms with E-state index in [4.69, 9.17) is 9.84 Å². The predicted octanol–water partition coefficient (Wildman–Crippen LogP) is 3.22. The molecule has 0 aliphatic rings. The molecule has 18 heavy (non-hydrogen) atoms. The number of aliphatic carboxylic acids is 1. The van der Waals surface area contributed by atoms with Crippen molar-refractivity contribution in [3.8, 4) is 5.75 Å². The second kappa shape index (κ2) is 8.05. The van der Waals surface area contributed by atoms with E-state index in [-0.39, 0.29) is 12.8 Å². The van der Waals surface area contributed by atoms with Crippen LogP contribution in [0.1, 0.15) is 19.8 Å². The number of carboxylic acid groups (broad SMARTS) is 1. The molecule has 1 rings (SSSR count). The number of para-hydroxylation sites is 1. The fourth-order valence-corrected chi connectivity index (χ4v) is 2.83. The normalized spacial score (nSPS) is 10.1. The number of benzene rings is 1. The van der Waals surface area contributed by atoms with Gasteiger partial charge in [-0.2, -0.15) is 0 Å². The highest BCUT2D eigenvalue weighted by Gasteiger charge is 2.11. The third-order valence-corrected chi connectivity index (χ3v) is 4.35. The fraction of sp³-hybridized carbons (Fsp3) is 0.333. The smallest absolute Gasteiger partial charge is 0.311 e. The average molecular weight is 286 g/mol. The van der Waals surface area contributed by atoms with Crippen LogP contribution in [0.25, 0.3) is 0 Å². The first kappa shape index (κ1) is 14.9. The molecular formula is C12H14O4S2. The summed E-state index contributed by atoms with van der Waals surface area (Å²) in [7, 11) is 3.19. The Labute approximate surface area is 113 Å². The molecule has 0 aliphatic heterocycles. The van der Waals surface area contributed by atoms with E-state index >= 15 is 0 Å². The number of carboxylic acids is 1. The largest absolute Gasteiger partial charge is 0.481 e. The molecule has 0 heterocycles. The molecule has 0 aromatic heterocycles. The number of rotatable bonds is 7. The van der Waals surface area contributed by atoms with Crippen LogP contribution in [-0.4, -0.2) is 22.8 Å². The van der Waals surface area contributed by atoms with Crippen LogP contribution in [0, 0.1) is 0 Å². The fourth-order valence-electron chi connectivity index (χ4n) is 1.11. The third kappa shape index (κ3) is 5.46. The van der Waals surface area contributed by atoms with E-state index in [0.29, 0.717) is 5.75 Å². The SMILES string of the molecule is CCSSc1ccccc1OC(=O)CCC(=O)O. The molecule has 1 aromatic carbocycles. The summed E-state index contributed by atoms with van der Waals surface area (Å²) >= 11 is 0.